The molecule has 1 aliphatic rings. The Balaban J connectivity index is 2.48. The van der Waals surface area contributed by atoms with Crippen molar-refractivity contribution >= 4 is 11.8 Å². The van der Waals surface area contributed by atoms with E-state index in [1.165, 1.54) is 5.56 Å². The fourth-order valence-electron chi connectivity index (χ4n) is 4.46. The summed E-state index contributed by atoms with van der Waals surface area (Å²) in [5.41, 5.74) is 3.31. The van der Waals surface area contributed by atoms with Crippen molar-refractivity contribution in [2.45, 2.75) is 60.3 Å². The van der Waals surface area contributed by atoms with Crippen LogP contribution >= 0.6 is 0 Å². The van der Waals surface area contributed by atoms with E-state index in [2.05, 4.69) is 13.8 Å². The van der Waals surface area contributed by atoms with E-state index in [1.807, 2.05) is 58.0 Å². The van der Waals surface area contributed by atoms with Crippen LogP contribution in [0.5, 0.6) is 0 Å². The van der Waals surface area contributed by atoms with Crippen molar-refractivity contribution in [1.29, 1.82) is 0 Å². The first-order valence-electron chi connectivity index (χ1n) is 10.7. The molecule has 1 N–H and O–H groups in total. The zero-order valence-corrected chi connectivity index (χ0v) is 19.2. The minimum absolute atomic E-state index is 0.0688. The Morgan fingerprint density at radius 3 is 2.17 bits per heavy atom. The van der Waals surface area contributed by atoms with Crippen LogP contribution in [0.2, 0.25) is 0 Å². The molecule has 4 heteroatoms. The number of allylic oxidation sites excluding steroid dienone is 3. The Kier molecular flexibility index (Phi) is 7.46. The van der Waals surface area contributed by atoms with Crippen molar-refractivity contribution in [2.24, 2.45) is 11.3 Å². The molecule has 0 aromatic heterocycles. The van der Waals surface area contributed by atoms with E-state index in [4.69, 9.17) is 4.74 Å². The first-order chi connectivity index (χ1) is 14.1. The number of hydrogen-bond donors (Lipinski definition) is 1. The molecule has 0 fully saturated rings. The molecule has 0 heterocycles. The maximum Gasteiger partial charge on any atom is 0.336 e. The SMILES string of the molecule is CCC1=C(OC)C(C=CC(=O)c2ccc(C(C)C)cc2)C(C)(C)C(CC)=C1C(=O)O. The normalized spacial score (nSPS) is 19.0. The second-order valence-corrected chi connectivity index (χ2v) is 8.61. The molecule has 1 aliphatic carbocycles. The third-order valence-corrected chi connectivity index (χ3v) is 6.18. The predicted molar refractivity (Wildman–Crippen MR) is 121 cm³/mol. The molecule has 0 aliphatic heterocycles. The summed E-state index contributed by atoms with van der Waals surface area (Å²) >= 11 is 0. The minimum Gasteiger partial charge on any atom is -0.500 e. The Bertz CT molecular complexity index is 895. The maximum absolute atomic E-state index is 12.8. The van der Waals surface area contributed by atoms with Gasteiger partial charge in [0.2, 0.25) is 0 Å². The zero-order chi connectivity index (χ0) is 22.6. The summed E-state index contributed by atoms with van der Waals surface area (Å²) in [6.07, 6.45) is 4.66. The van der Waals surface area contributed by atoms with E-state index in [-0.39, 0.29) is 11.7 Å². The highest BCUT2D eigenvalue weighted by Gasteiger charge is 2.43. The van der Waals surface area contributed by atoms with Crippen LogP contribution in [0.3, 0.4) is 0 Å². The maximum atomic E-state index is 12.8. The molecule has 0 bridgehead atoms. The van der Waals surface area contributed by atoms with Gasteiger partial charge >= 0.3 is 5.97 Å². The van der Waals surface area contributed by atoms with E-state index >= 15 is 0 Å². The lowest BCUT2D eigenvalue weighted by Crippen LogP contribution is -2.34. The van der Waals surface area contributed by atoms with Crippen LogP contribution in [0.15, 0.2) is 58.9 Å². The lowest BCUT2D eigenvalue weighted by atomic mass is 9.64. The van der Waals surface area contributed by atoms with Crippen LogP contribution in [0, 0.1) is 11.3 Å². The van der Waals surface area contributed by atoms with Gasteiger partial charge in [-0.2, -0.15) is 0 Å². The Morgan fingerprint density at radius 1 is 1.13 bits per heavy atom. The molecule has 2 rings (SSSR count). The molecule has 1 unspecified atom stereocenters. The lowest BCUT2D eigenvalue weighted by molar-refractivity contribution is -0.132. The molecule has 1 atom stereocenters. The van der Waals surface area contributed by atoms with Gasteiger partial charge in [0.05, 0.1) is 12.7 Å². The fraction of sp³-hybridized carbons (Fsp3) is 0.462. The smallest absolute Gasteiger partial charge is 0.336 e. The van der Waals surface area contributed by atoms with Crippen molar-refractivity contribution in [3.63, 3.8) is 0 Å². The van der Waals surface area contributed by atoms with Gasteiger partial charge < -0.3 is 9.84 Å². The first-order valence-corrected chi connectivity index (χ1v) is 10.7. The molecule has 0 spiro atoms. The molecule has 0 amide bonds. The summed E-state index contributed by atoms with van der Waals surface area (Å²) < 4.78 is 5.72. The molecule has 0 radical (unpaired) electrons. The number of carbonyl (C=O) groups excluding carboxylic acids is 1. The van der Waals surface area contributed by atoms with Crippen LogP contribution in [0.1, 0.15) is 76.2 Å². The van der Waals surface area contributed by atoms with Gasteiger partial charge in [-0.15, -0.1) is 0 Å². The third-order valence-electron chi connectivity index (χ3n) is 6.18. The monoisotopic (exact) mass is 410 g/mol. The highest BCUT2D eigenvalue weighted by atomic mass is 16.5. The van der Waals surface area contributed by atoms with E-state index in [9.17, 15) is 14.7 Å². The third kappa shape index (κ3) is 4.43. The number of rotatable bonds is 8. The van der Waals surface area contributed by atoms with Gasteiger partial charge in [-0.05, 0) is 36.0 Å². The topological polar surface area (TPSA) is 63.6 Å². The molecule has 1 aromatic carbocycles. The number of carbonyl (C=O) groups is 2. The van der Waals surface area contributed by atoms with E-state index in [0.29, 0.717) is 41.2 Å². The fourth-order valence-corrected chi connectivity index (χ4v) is 4.46. The largest absolute Gasteiger partial charge is 0.500 e. The molecule has 0 saturated carbocycles. The molecule has 162 valence electrons. The highest BCUT2D eigenvalue weighted by Crippen LogP contribution is 2.50. The quantitative estimate of drug-likeness (QED) is 0.403. The number of aliphatic carboxylic acids is 1. The number of carboxylic acids is 1. The van der Waals surface area contributed by atoms with Crippen LogP contribution in [0.25, 0.3) is 0 Å². The predicted octanol–water partition coefficient (Wildman–Crippen LogP) is 6.31. The number of ether oxygens (including phenoxy) is 1. The van der Waals surface area contributed by atoms with Crippen molar-refractivity contribution in [2.75, 3.05) is 7.11 Å². The van der Waals surface area contributed by atoms with E-state index in [0.717, 1.165) is 5.57 Å². The van der Waals surface area contributed by atoms with E-state index < -0.39 is 11.4 Å². The van der Waals surface area contributed by atoms with Gasteiger partial charge in [-0.3, -0.25) is 4.79 Å². The molecular formula is C26H34O4. The summed E-state index contributed by atoms with van der Waals surface area (Å²) in [5.74, 6) is -0.154. The van der Waals surface area contributed by atoms with Gasteiger partial charge in [0.25, 0.3) is 0 Å². The standard InChI is InChI=1S/C26H34O4/c1-8-19-23(25(28)29)20(9-2)26(5,6)21(24(19)30-7)14-15-22(27)18-12-10-17(11-13-18)16(3)4/h10-16,21H,8-9H2,1-7H3,(H,28,29). The molecule has 30 heavy (non-hydrogen) atoms. The lowest BCUT2D eigenvalue weighted by Gasteiger charge is -2.41. The van der Waals surface area contributed by atoms with Crippen LogP contribution in [-0.2, 0) is 9.53 Å². The Labute approximate surface area is 180 Å². The number of methoxy groups -OCH3 is 1. The Hall–Kier alpha value is -2.62. The molecule has 4 nitrogen and oxygen atoms in total. The van der Waals surface area contributed by atoms with Gasteiger partial charge in [-0.1, -0.05) is 71.9 Å². The summed E-state index contributed by atoms with van der Waals surface area (Å²) in [7, 11) is 1.57. The highest BCUT2D eigenvalue weighted by molar-refractivity contribution is 6.04. The van der Waals surface area contributed by atoms with Gasteiger partial charge in [0.1, 0.15) is 5.76 Å². The molecule has 0 saturated heterocycles. The average molecular weight is 411 g/mol. The van der Waals surface area contributed by atoms with Gasteiger partial charge in [0, 0.05) is 22.5 Å². The second kappa shape index (κ2) is 9.46. The van der Waals surface area contributed by atoms with Crippen LogP contribution in [0.4, 0.5) is 0 Å². The molecule has 1 aromatic rings. The average Bonchev–Trinajstić information content (AvgIpc) is 2.70. The van der Waals surface area contributed by atoms with Crippen molar-refractivity contribution < 1.29 is 19.4 Å². The van der Waals surface area contributed by atoms with Gasteiger partial charge in [-0.25, -0.2) is 4.79 Å². The van der Waals surface area contributed by atoms with Crippen molar-refractivity contribution in [3.05, 3.63) is 70.0 Å². The van der Waals surface area contributed by atoms with E-state index in [1.54, 1.807) is 13.2 Å². The van der Waals surface area contributed by atoms with Crippen molar-refractivity contribution in [3.8, 4) is 0 Å². The molecular weight excluding hydrogens is 376 g/mol. The van der Waals surface area contributed by atoms with Crippen LogP contribution < -0.4 is 0 Å². The number of carboxylic acid groups (broad SMARTS) is 1. The summed E-state index contributed by atoms with van der Waals surface area (Å²) in [5, 5.41) is 9.88. The minimum atomic E-state index is -0.921. The second-order valence-electron chi connectivity index (χ2n) is 8.61. The summed E-state index contributed by atoms with van der Waals surface area (Å²) in [4.78, 5) is 24.9. The van der Waals surface area contributed by atoms with Crippen LogP contribution in [-0.4, -0.2) is 24.0 Å². The summed E-state index contributed by atoms with van der Waals surface area (Å²) in [6.45, 7) is 12.2. The zero-order valence-electron chi connectivity index (χ0n) is 19.2. The number of ketones is 1. The summed E-state index contributed by atoms with van der Waals surface area (Å²) in [6, 6.07) is 7.70. The number of hydrogen-bond acceptors (Lipinski definition) is 3. The Morgan fingerprint density at radius 2 is 1.73 bits per heavy atom. The van der Waals surface area contributed by atoms with Gasteiger partial charge in [0.15, 0.2) is 5.78 Å². The van der Waals surface area contributed by atoms with Crippen molar-refractivity contribution in [1.82, 2.24) is 0 Å². The number of benzene rings is 1. The first kappa shape index (κ1) is 23.7.